The van der Waals surface area contributed by atoms with E-state index in [1.807, 2.05) is 18.2 Å². The number of hydrogen-bond acceptors (Lipinski definition) is 3. The van der Waals surface area contributed by atoms with Crippen LogP contribution in [0.3, 0.4) is 0 Å². The summed E-state index contributed by atoms with van der Waals surface area (Å²) in [6, 6.07) is 10.3. The SMILES string of the molecule is Cc1nc(C2(c3ccccc3)CCCCC2)nc(N)c1F. The number of nitrogens with zero attached hydrogens (tertiary/aromatic N) is 2. The summed E-state index contributed by atoms with van der Waals surface area (Å²) in [7, 11) is 0. The first-order valence-electron chi connectivity index (χ1n) is 7.49. The fourth-order valence-electron chi connectivity index (χ4n) is 3.35. The summed E-state index contributed by atoms with van der Waals surface area (Å²) in [5, 5.41) is 0. The molecule has 1 saturated carbocycles. The number of aromatic nitrogens is 2. The van der Waals surface area contributed by atoms with Gasteiger partial charge in [-0.2, -0.15) is 0 Å². The van der Waals surface area contributed by atoms with Crippen molar-refractivity contribution in [1.29, 1.82) is 0 Å². The molecule has 1 aliphatic rings. The Morgan fingerprint density at radius 2 is 1.71 bits per heavy atom. The Morgan fingerprint density at radius 3 is 2.33 bits per heavy atom. The van der Waals surface area contributed by atoms with E-state index in [0.29, 0.717) is 11.5 Å². The van der Waals surface area contributed by atoms with E-state index in [-0.39, 0.29) is 11.2 Å². The molecule has 0 aliphatic heterocycles. The Morgan fingerprint density at radius 1 is 1.05 bits per heavy atom. The zero-order valence-corrected chi connectivity index (χ0v) is 12.3. The number of nitrogens with two attached hydrogens (primary N) is 1. The molecule has 2 aromatic rings. The molecule has 0 bridgehead atoms. The molecule has 110 valence electrons. The molecule has 2 N–H and O–H groups in total. The van der Waals surface area contributed by atoms with E-state index < -0.39 is 5.82 Å². The van der Waals surface area contributed by atoms with Crippen LogP contribution in [0, 0.1) is 12.7 Å². The second kappa shape index (κ2) is 5.43. The van der Waals surface area contributed by atoms with E-state index >= 15 is 0 Å². The number of hydrogen-bond donors (Lipinski definition) is 1. The van der Waals surface area contributed by atoms with Gasteiger partial charge in [0.2, 0.25) is 0 Å². The van der Waals surface area contributed by atoms with Crippen molar-refractivity contribution in [3.8, 4) is 0 Å². The van der Waals surface area contributed by atoms with Gasteiger partial charge >= 0.3 is 0 Å². The number of nitrogen functional groups attached to an aromatic ring is 1. The highest BCUT2D eigenvalue weighted by atomic mass is 19.1. The Labute approximate surface area is 124 Å². The molecular weight excluding hydrogens is 265 g/mol. The summed E-state index contributed by atoms with van der Waals surface area (Å²) in [6.07, 6.45) is 5.47. The van der Waals surface area contributed by atoms with Gasteiger partial charge in [-0.3, -0.25) is 0 Å². The largest absolute Gasteiger partial charge is 0.381 e. The molecule has 3 rings (SSSR count). The number of anilines is 1. The zero-order valence-electron chi connectivity index (χ0n) is 12.3. The Kier molecular flexibility index (Phi) is 3.62. The van der Waals surface area contributed by atoms with Crippen molar-refractivity contribution >= 4 is 5.82 Å². The second-order valence-electron chi connectivity index (χ2n) is 5.84. The molecule has 0 atom stereocenters. The fraction of sp³-hybridized carbons (Fsp3) is 0.412. The minimum absolute atomic E-state index is 0.0432. The number of aryl methyl sites for hydroxylation is 1. The third-order valence-corrected chi connectivity index (χ3v) is 4.50. The van der Waals surface area contributed by atoms with E-state index in [2.05, 4.69) is 22.1 Å². The molecule has 1 heterocycles. The normalized spacial score (nSPS) is 17.6. The number of halogens is 1. The molecule has 3 nitrogen and oxygen atoms in total. The summed E-state index contributed by atoms with van der Waals surface area (Å²) in [6.45, 7) is 1.65. The third kappa shape index (κ3) is 2.39. The molecule has 0 unspecified atom stereocenters. The minimum atomic E-state index is -0.502. The van der Waals surface area contributed by atoms with Gasteiger partial charge in [0, 0.05) is 0 Å². The van der Waals surface area contributed by atoms with Crippen LogP contribution in [0.5, 0.6) is 0 Å². The lowest BCUT2D eigenvalue weighted by atomic mass is 9.68. The smallest absolute Gasteiger partial charge is 0.186 e. The van der Waals surface area contributed by atoms with Gasteiger partial charge in [-0.15, -0.1) is 0 Å². The van der Waals surface area contributed by atoms with Gasteiger partial charge in [-0.05, 0) is 25.3 Å². The van der Waals surface area contributed by atoms with E-state index in [4.69, 9.17) is 5.73 Å². The van der Waals surface area contributed by atoms with Crippen LogP contribution in [0.25, 0.3) is 0 Å². The summed E-state index contributed by atoms with van der Waals surface area (Å²) in [5.41, 5.74) is 7.04. The van der Waals surface area contributed by atoms with Crippen molar-refractivity contribution in [2.45, 2.75) is 44.4 Å². The summed E-state index contributed by atoms with van der Waals surface area (Å²) in [4.78, 5) is 8.74. The highest BCUT2D eigenvalue weighted by Gasteiger charge is 2.39. The zero-order chi connectivity index (χ0) is 14.9. The maximum absolute atomic E-state index is 13.8. The van der Waals surface area contributed by atoms with E-state index in [9.17, 15) is 4.39 Å². The van der Waals surface area contributed by atoms with E-state index in [1.165, 1.54) is 12.0 Å². The molecule has 1 fully saturated rings. The summed E-state index contributed by atoms with van der Waals surface area (Å²) >= 11 is 0. The second-order valence-corrected chi connectivity index (χ2v) is 5.84. The predicted octanol–water partition coefficient (Wildman–Crippen LogP) is 3.76. The molecule has 0 spiro atoms. The molecule has 4 heteroatoms. The average molecular weight is 285 g/mol. The maximum atomic E-state index is 13.8. The molecule has 0 radical (unpaired) electrons. The lowest BCUT2D eigenvalue weighted by molar-refractivity contribution is 0.329. The van der Waals surface area contributed by atoms with Crippen LogP contribution in [0.15, 0.2) is 30.3 Å². The molecular formula is C17H20FN3. The first-order valence-corrected chi connectivity index (χ1v) is 7.49. The number of benzene rings is 1. The van der Waals surface area contributed by atoms with Crippen LogP contribution in [-0.2, 0) is 5.41 Å². The van der Waals surface area contributed by atoms with Crippen molar-refractivity contribution < 1.29 is 4.39 Å². The minimum Gasteiger partial charge on any atom is -0.381 e. The van der Waals surface area contributed by atoms with Crippen LogP contribution >= 0.6 is 0 Å². The van der Waals surface area contributed by atoms with Crippen molar-refractivity contribution in [3.05, 3.63) is 53.2 Å². The van der Waals surface area contributed by atoms with Gasteiger partial charge < -0.3 is 5.73 Å². The first-order chi connectivity index (χ1) is 10.1. The van der Waals surface area contributed by atoms with Gasteiger partial charge in [-0.1, -0.05) is 49.6 Å². The summed E-state index contributed by atoms with van der Waals surface area (Å²) in [5.74, 6) is 0.126. The molecule has 21 heavy (non-hydrogen) atoms. The predicted molar refractivity (Wildman–Crippen MR) is 81.4 cm³/mol. The molecule has 1 aromatic carbocycles. The number of rotatable bonds is 2. The Bertz CT molecular complexity index is 611. The van der Waals surface area contributed by atoms with Crippen molar-refractivity contribution in [1.82, 2.24) is 9.97 Å². The monoisotopic (exact) mass is 285 g/mol. The van der Waals surface area contributed by atoms with Crippen LogP contribution in [0.1, 0.15) is 49.2 Å². The van der Waals surface area contributed by atoms with Crippen LogP contribution in [0.2, 0.25) is 0 Å². The van der Waals surface area contributed by atoms with Gasteiger partial charge in [0.25, 0.3) is 0 Å². The quantitative estimate of drug-likeness (QED) is 0.914. The van der Waals surface area contributed by atoms with Crippen molar-refractivity contribution in [2.24, 2.45) is 0 Å². The first kappa shape index (κ1) is 14.0. The fourth-order valence-corrected chi connectivity index (χ4v) is 3.35. The molecule has 0 amide bonds. The van der Waals surface area contributed by atoms with E-state index in [1.54, 1.807) is 6.92 Å². The highest BCUT2D eigenvalue weighted by Crippen LogP contribution is 2.43. The third-order valence-electron chi connectivity index (χ3n) is 4.50. The average Bonchev–Trinajstić information content (AvgIpc) is 2.53. The lowest BCUT2D eigenvalue weighted by Gasteiger charge is -2.36. The van der Waals surface area contributed by atoms with Crippen molar-refractivity contribution in [3.63, 3.8) is 0 Å². The van der Waals surface area contributed by atoms with Crippen LogP contribution in [0.4, 0.5) is 10.2 Å². The van der Waals surface area contributed by atoms with Crippen LogP contribution in [-0.4, -0.2) is 9.97 Å². The van der Waals surface area contributed by atoms with Crippen molar-refractivity contribution in [2.75, 3.05) is 5.73 Å². The van der Waals surface area contributed by atoms with Gasteiger partial charge in [0.05, 0.1) is 11.1 Å². The molecule has 1 aliphatic carbocycles. The highest BCUT2D eigenvalue weighted by molar-refractivity contribution is 5.39. The maximum Gasteiger partial charge on any atom is 0.186 e. The van der Waals surface area contributed by atoms with Gasteiger partial charge in [0.15, 0.2) is 11.6 Å². The van der Waals surface area contributed by atoms with E-state index in [0.717, 1.165) is 25.7 Å². The van der Waals surface area contributed by atoms with Crippen LogP contribution < -0.4 is 5.73 Å². The molecule has 1 aromatic heterocycles. The van der Waals surface area contributed by atoms with Gasteiger partial charge in [-0.25, -0.2) is 14.4 Å². The standard InChI is InChI=1S/C17H20FN3/c1-12-14(18)15(19)21-16(20-12)17(10-6-3-7-11-17)13-8-4-2-5-9-13/h2,4-5,8-9H,3,6-7,10-11H2,1H3,(H2,19,20,21). The Hall–Kier alpha value is -1.97. The molecule has 0 saturated heterocycles. The van der Waals surface area contributed by atoms with Gasteiger partial charge in [0.1, 0.15) is 5.82 Å². The topological polar surface area (TPSA) is 51.8 Å². The lowest BCUT2D eigenvalue weighted by Crippen LogP contribution is -2.33. The summed E-state index contributed by atoms with van der Waals surface area (Å²) < 4.78 is 13.8. The Balaban J connectivity index is 2.17.